The van der Waals surface area contributed by atoms with Crippen LogP contribution in [-0.2, 0) is 4.74 Å². The van der Waals surface area contributed by atoms with Crippen molar-refractivity contribution in [3.05, 3.63) is 40.9 Å². The lowest BCUT2D eigenvalue weighted by Crippen LogP contribution is -2.33. The van der Waals surface area contributed by atoms with Gasteiger partial charge in [0.2, 0.25) is 0 Å². The van der Waals surface area contributed by atoms with Crippen LogP contribution in [-0.4, -0.2) is 44.2 Å². The number of thiazole rings is 1. The number of carbonyl (C=O) groups excluding carboxylic acids is 1. The highest BCUT2D eigenvalue weighted by molar-refractivity contribution is 7.13. The molecule has 0 aliphatic carbocycles. The van der Waals surface area contributed by atoms with Crippen LogP contribution in [0.5, 0.6) is 0 Å². The van der Waals surface area contributed by atoms with Crippen molar-refractivity contribution in [3.8, 4) is 10.6 Å². The van der Waals surface area contributed by atoms with Crippen LogP contribution in [0.2, 0.25) is 0 Å². The highest BCUT2D eigenvalue weighted by Crippen LogP contribution is 2.26. The van der Waals surface area contributed by atoms with Crippen molar-refractivity contribution < 1.29 is 9.53 Å². The first-order valence-electron chi connectivity index (χ1n) is 7.21. The summed E-state index contributed by atoms with van der Waals surface area (Å²) in [5.41, 5.74) is 2.71. The van der Waals surface area contributed by atoms with Crippen molar-refractivity contribution in [2.24, 2.45) is 0 Å². The number of nitrogens with one attached hydrogen (secondary N) is 2. The molecule has 2 rings (SSSR count). The molecule has 1 aromatic heterocycles. The van der Waals surface area contributed by atoms with Crippen LogP contribution < -0.4 is 10.6 Å². The van der Waals surface area contributed by atoms with Crippen LogP contribution in [0.3, 0.4) is 0 Å². The van der Waals surface area contributed by atoms with E-state index < -0.39 is 0 Å². The summed E-state index contributed by atoms with van der Waals surface area (Å²) in [6.07, 6.45) is 0. The molecule has 0 aliphatic rings. The van der Waals surface area contributed by atoms with Crippen molar-refractivity contribution in [1.82, 2.24) is 15.6 Å². The highest BCUT2D eigenvalue weighted by Gasteiger charge is 2.12. The van der Waals surface area contributed by atoms with E-state index in [1.54, 1.807) is 12.5 Å². The largest absolute Gasteiger partial charge is 0.383 e. The number of hydrogen-bond donors (Lipinski definition) is 2. The fraction of sp³-hybridized carbons (Fsp3) is 0.375. The van der Waals surface area contributed by atoms with E-state index in [9.17, 15) is 4.79 Å². The van der Waals surface area contributed by atoms with Gasteiger partial charge in [-0.05, 0) is 12.5 Å². The fourth-order valence-corrected chi connectivity index (χ4v) is 2.86. The van der Waals surface area contributed by atoms with Gasteiger partial charge in [0, 0.05) is 37.7 Å². The number of benzene rings is 1. The van der Waals surface area contributed by atoms with Gasteiger partial charge in [0.05, 0.1) is 6.61 Å². The van der Waals surface area contributed by atoms with E-state index in [1.807, 2.05) is 31.2 Å². The topological polar surface area (TPSA) is 63.2 Å². The Balaban J connectivity index is 1.86. The lowest BCUT2D eigenvalue weighted by atomic mass is 10.1. The summed E-state index contributed by atoms with van der Waals surface area (Å²) in [5, 5.41) is 8.71. The summed E-state index contributed by atoms with van der Waals surface area (Å²) in [4.78, 5) is 16.5. The zero-order valence-corrected chi connectivity index (χ0v) is 13.7. The van der Waals surface area contributed by atoms with Crippen LogP contribution in [0.25, 0.3) is 10.6 Å². The van der Waals surface area contributed by atoms with Crippen molar-refractivity contribution in [3.63, 3.8) is 0 Å². The number of nitrogens with zero attached hydrogens (tertiary/aromatic N) is 1. The van der Waals surface area contributed by atoms with Crippen molar-refractivity contribution in [1.29, 1.82) is 0 Å². The van der Waals surface area contributed by atoms with Gasteiger partial charge in [-0.1, -0.05) is 24.3 Å². The molecule has 0 spiro atoms. The molecule has 2 aromatic rings. The lowest BCUT2D eigenvalue weighted by molar-refractivity contribution is 0.0949. The van der Waals surface area contributed by atoms with Gasteiger partial charge in [-0.25, -0.2) is 4.98 Å². The summed E-state index contributed by atoms with van der Waals surface area (Å²) in [7, 11) is 1.66. The first kappa shape index (κ1) is 16.6. The molecule has 0 radical (unpaired) electrons. The van der Waals surface area contributed by atoms with Crippen molar-refractivity contribution in [2.75, 3.05) is 33.4 Å². The third-order valence-corrected chi connectivity index (χ3v) is 4.06. The minimum absolute atomic E-state index is 0.135. The summed E-state index contributed by atoms with van der Waals surface area (Å²) in [5.74, 6) is -0.135. The van der Waals surface area contributed by atoms with E-state index in [0.29, 0.717) is 25.4 Å². The Morgan fingerprint density at radius 2 is 2.09 bits per heavy atom. The van der Waals surface area contributed by atoms with Crippen LogP contribution in [0, 0.1) is 6.92 Å². The zero-order valence-electron chi connectivity index (χ0n) is 12.9. The SMILES string of the molecule is COCCNCCNC(=O)c1csc(-c2ccccc2C)n1. The van der Waals surface area contributed by atoms with E-state index in [2.05, 4.69) is 15.6 Å². The molecule has 0 aliphatic heterocycles. The summed E-state index contributed by atoms with van der Waals surface area (Å²) >= 11 is 1.49. The second-order valence-electron chi connectivity index (χ2n) is 4.85. The molecule has 0 unspecified atom stereocenters. The van der Waals surface area contributed by atoms with Crippen LogP contribution in [0.4, 0.5) is 0 Å². The standard InChI is InChI=1S/C16H21N3O2S/c1-12-5-3-4-6-13(12)16-19-14(11-22-16)15(20)18-8-7-17-9-10-21-2/h3-6,11,17H,7-10H2,1-2H3,(H,18,20). The van der Waals surface area contributed by atoms with Gasteiger partial charge >= 0.3 is 0 Å². The molecule has 0 saturated heterocycles. The maximum Gasteiger partial charge on any atom is 0.270 e. The molecule has 6 heteroatoms. The van der Waals surface area contributed by atoms with Crippen LogP contribution in [0.1, 0.15) is 16.1 Å². The van der Waals surface area contributed by atoms with Gasteiger partial charge in [0.25, 0.3) is 5.91 Å². The third kappa shape index (κ3) is 4.62. The van der Waals surface area contributed by atoms with Gasteiger partial charge in [-0.15, -0.1) is 11.3 Å². The van der Waals surface area contributed by atoms with Crippen LogP contribution in [0.15, 0.2) is 29.6 Å². The number of aryl methyl sites for hydroxylation is 1. The van der Waals surface area contributed by atoms with E-state index >= 15 is 0 Å². The predicted octanol–water partition coefficient (Wildman–Crippen LogP) is 2.08. The Hall–Kier alpha value is -1.76. The first-order valence-corrected chi connectivity index (χ1v) is 8.09. The Kier molecular flexibility index (Phi) is 6.51. The molecule has 0 bridgehead atoms. The number of amides is 1. The fourth-order valence-electron chi connectivity index (χ4n) is 1.97. The molecule has 0 fully saturated rings. The minimum Gasteiger partial charge on any atom is -0.383 e. The first-order chi connectivity index (χ1) is 10.7. The van der Waals surface area contributed by atoms with Gasteiger partial charge < -0.3 is 15.4 Å². The molecule has 5 nitrogen and oxygen atoms in total. The van der Waals surface area contributed by atoms with Crippen LogP contribution >= 0.6 is 11.3 Å². The Morgan fingerprint density at radius 3 is 2.86 bits per heavy atom. The van der Waals surface area contributed by atoms with Gasteiger partial charge in [-0.2, -0.15) is 0 Å². The Bertz CT molecular complexity index is 613. The third-order valence-electron chi connectivity index (χ3n) is 3.18. The van der Waals surface area contributed by atoms with E-state index in [0.717, 1.165) is 22.7 Å². The molecule has 1 amide bonds. The molecule has 1 heterocycles. The summed E-state index contributed by atoms with van der Waals surface area (Å²) in [6.45, 7) is 4.77. The smallest absolute Gasteiger partial charge is 0.270 e. The van der Waals surface area contributed by atoms with E-state index in [-0.39, 0.29) is 5.91 Å². The molecule has 118 valence electrons. The average molecular weight is 319 g/mol. The molecule has 0 saturated carbocycles. The summed E-state index contributed by atoms with van der Waals surface area (Å²) in [6, 6.07) is 8.05. The number of methoxy groups -OCH3 is 1. The maximum absolute atomic E-state index is 12.0. The van der Waals surface area contributed by atoms with Gasteiger partial charge in [-0.3, -0.25) is 4.79 Å². The number of rotatable bonds is 8. The van der Waals surface area contributed by atoms with E-state index in [1.165, 1.54) is 11.3 Å². The molecular weight excluding hydrogens is 298 g/mol. The van der Waals surface area contributed by atoms with Crippen molar-refractivity contribution in [2.45, 2.75) is 6.92 Å². The molecular formula is C16H21N3O2S. The normalized spacial score (nSPS) is 10.6. The summed E-state index contributed by atoms with van der Waals surface area (Å²) < 4.78 is 4.93. The molecule has 2 N–H and O–H groups in total. The number of hydrogen-bond acceptors (Lipinski definition) is 5. The van der Waals surface area contributed by atoms with E-state index in [4.69, 9.17) is 4.74 Å². The Labute approximate surface area is 134 Å². The number of aromatic nitrogens is 1. The molecule has 22 heavy (non-hydrogen) atoms. The zero-order chi connectivity index (χ0) is 15.8. The van der Waals surface area contributed by atoms with Gasteiger partial charge in [0.15, 0.2) is 0 Å². The second-order valence-corrected chi connectivity index (χ2v) is 5.71. The highest BCUT2D eigenvalue weighted by atomic mass is 32.1. The number of carbonyl (C=O) groups is 1. The maximum atomic E-state index is 12.0. The molecule has 0 atom stereocenters. The van der Waals surface area contributed by atoms with Crippen molar-refractivity contribution >= 4 is 17.2 Å². The quantitative estimate of drug-likeness (QED) is 0.731. The minimum atomic E-state index is -0.135. The second kappa shape index (κ2) is 8.63. The predicted molar refractivity (Wildman–Crippen MR) is 89.4 cm³/mol. The Morgan fingerprint density at radius 1 is 1.27 bits per heavy atom. The number of ether oxygens (including phenoxy) is 1. The lowest BCUT2D eigenvalue weighted by Gasteiger charge is -2.05. The van der Waals surface area contributed by atoms with Gasteiger partial charge in [0.1, 0.15) is 10.7 Å². The average Bonchev–Trinajstić information content (AvgIpc) is 3.01. The monoisotopic (exact) mass is 319 g/mol. The molecule has 1 aromatic carbocycles.